The molecular formula is C19H18ClNO5S. The summed E-state index contributed by atoms with van der Waals surface area (Å²) in [5.74, 6) is -1.67. The SMILES string of the molecule is C=CCOC(=O)c1sc(NC(=O)c2ccc(Cl)cc2)c(C(=O)OCC)c1C. The number of benzene rings is 1. The third kappa shape index (κ3) is 4.96. The van der Waals surface area contributed by atoms with Crippen molar-refractivity contribution in [2.75, 3.05) is 18.5 Å². The van der Waals surface area contributed by atoms with Crippen molar-refractivity contribution in [2.24, 2.45) is 0 Å². The zero-order valence-electron chi connectivity index (χ0n) is 14.8. The topological polar surface area (TPSA) is 81.7 Å². The maximum absolute atomic E-state index is 12.5. The fraction of sp³-hybridized carbons (Fsp3) is 0.211. The number of rotatable bonds is 7. The van der Waals surface area contributed by atoms with Crippen LogP contribution in [0.15, 0.2) is 36.9 Å². The molecule has 0 atom stereocenters. The van der Waals surface area contributed by atoms with E-state index in [1.807, 2.05) is 0 Å². The molecule has 0 bridgehead atoms. The summed E-state index contributed by atoms with van der Waals surface area (Å²) in [6.45, 7) is 6.96. The molecule has 0 fully saturated rings. The molecule has 0 radical (unpaired) electrons. The molecule has 0 unspecified atom stereocenters. The van der Waals surface area contributed by atoms with E-state index in [1.165, 1.54) is 6.08 Å². The maximum Gasteiger partial charge on any atom is 0.348 e. The average molecular weight is 408 g/mol. The van der Waals surface area contributed by atoms with Crippen molar-refractivity contribution >= 4 is 45.8 Å². The lowest BCUT2D eigenvalue weighted by Gasteiger charge is -2.07. The zero-order valence-corrected chi connectivity index (χ0v) is 16.4. The van der Waals surface area contributed by atoms with Gasteiger partial charge < -0.3 is 14.8 Å². The Bertz CT molecular complexity index is 873. The van der Waals surface area contributed by atoms with Crippen LogP contribution in [0.4, 0.5) is 5.00 Å². The van der Waals surface area contributed by atoms with Crippen molar-refractivity contribution in [1.82, 2.24) is 0 Å². The molecule has 27 heavy (non-hydrogen) atoms. The van der Waals surface area contributed by atoms with E-state index >= 15 is 0 Å². The Morgan fingerprint density at radius 2 is 1.85 bits per heavy atom. The number of hydrogen-bond donors (Lipinski definition) is 1. The summed E-state index contributed by atoms with van der Waals surface area (Å²) in [6.07, 6.45) is 1.44. The number of carbonyl (C=O) groups excluding carboxylic acids is 3. The van der Waals surface area contributed by atoms with Gasteiger partial charge in [-0.1, -0.05) is 24.3 Å². The lowest BCUT2D eigenvalue weighted by atomic mass is 10.1. The van der Waals surface area contributed by atoms with Gasteiger partial charge in [0.1, 0.15) is 16.5 Å². The van der Waals surface area contributed by atoms with E-state index in [-0.39, 0.29) is 28.7 Å². The Kier molecular flexibility index (Phi) is 7.15. The van der Waals surface area contributed by atoms with Crippen LogP contribution in [-0.4, -0.2) is 31.1 Å². The Labute approximate surface area is 165 Å². The second kappa shape index (κ2) is 9.34. The van der Waals surface area contributed by atoms with Gasteiger partial charge in [-0.15, -0.1) is 11.3 Å². The smallest absolute Gasteiger partial charge is 0.348 e. The van der Waals surface area contributed by atoms with Crippen LogP contribution < -0.4 is 5.32 Å². The summed E-state index contributed by atoms with van der Waals surface area (Å²) in [7, 11) is 0. The Hall–Kier alpha value is -2.64. The highest BCUT2D eigenvalue weighted by Crippen LogP contribution is 2.34. The Morgan fingerprint density at radius 3 is 2.44 bits per heavy atom. The molecule has 2 rings (SSSR count). The number of esters is 2. The van der Waals surface area contributed by atoms with E-state index in [0.717, 1.165) is 11.3 Å². The first-order chi connectivity index (χ1) is 12.9. The molecule has 1 aromatic heterocycles. The number of ether oxygens (including phenoxy) is 2. The van der Waals surface area contributed by atoms with Gasteiger partial charge in [0, 0.05) is 10.6 Å². The van der Waals surface area contributed by atoms with Gasteiger partial charge in [0.15, 0.2) is 0 Å². The minimum Gasteiger partial charge on any atom is -0.462 e. The van der Waals surface area contributed by atoms with Crippen molar-refractivity contribution < 1.29 is 23.9 Å². The van der Waals surface area contributed by atoms with Crippen LogP contribution in [0, 0.1) is 6.92 Å². The molecule has 0 aliphatic heterocycles. The normalized spacial score (nSPS) is 10.2. The third-order valence-electron chi connectivity index (χ3n) is 3.48. The van der Waals surface area contributed by atoms with Crippen LogP contribution in [-0.2, 0) is 9.47 Å². The fourth-order valence-corrected chi connectivity index (χ4v) is 3.43. The minimum absolute atomic E-state index is 0.0391. The Morgan fingerprint density at radius 1 is 1.19 bits per heavy atom. The van der Waals surface area contributed by atoms with Crippen LogP contribution in [0.1, 0.15) is 42.9 Å². The molecule has 8 heteroatoms. The summed E-state index contributed by atoms with van der Waals surface area (Å²) in [4.78, 5) is 37.3. The highest BCUT2D eigenvalue weighted by Gasteiger charge is 2.27. The number of thiophene rings is 1. The molecule has 6 nitrogen and oxygen atoms in total. The Balaban J connectivity index is 2.38. The summed E-state index contributed by atoms with van der Waals surface area (Å²) >= 11 is 6.79. The van der Waals surface area contributed by atoms with E-state index in [4.69, 9.17) is 21.1 Å². The van der Waals surface area contributed by atoms with Crippen LogP contribution in [0.5, 0.6) is 0 Å². The van der Waals surface area contributed by atoms with Crippen molar-refractivity contribution in [1.29, 1.82) is 0 Å². The molecule has 142 valence electrons. The molecule has 0 aliphatic rings. The quantitative estimate of drug-likeness (QED) is 0.540. The largest absolute Gasteiger partial charge is 0.462 e. The molecule has 1 amide bonds. The molecule has 1 aromatic carbocycles. The lowest BCUT2D eigenvalue weighted by molar-refractivity contribution is 0.0527. The molecule has 0 spiro atoms. The first kappa shape index (κ1) is 20.7. The van der Waals surface area contributed by atoms with Crippen molar-refractivity contribution in [3.63, 3.8) is 0 Å². The van der Waals surface area contributed by atoms with Gasteiger partial charge in [0.05, 0.1) is 12.2 Å². The molecule has 0 saturated carbocycles. The van der Waals surface area contributed by atoms with Crippen molar-refractivity contribution in [3.05, 3.63) is 63.5 Å². The summed E-state index contributed by atoms with van der Waals surface area (Å²) in [6, 6.07) is 6.28. The second-order valence-corrected chi connectivity index (χ2v) is 6.79. The number of nitrogens with one attached hydrogen (secondary N) is 1. The van der Waals surface area contributed by atoms with Gasteiger partial charge >= 0.3 is 11.9 Å². The number of hydrogen-bond acceptors (Lipinski definition) is 6. The summed E-state index contributed by atoms with van der Waals surface area (Å²) < 4.78 is 10.1. The first-order valence-corrected chi connectivity index (χ1v) is 9.23. The van der Waals surface area contributed by atoms with Gasteiger partial charge in [-0.05, 0) is 43.7 Å². The predicted molar refractivity (Wildman–Crippen MR) is 105 cm³/mol. The first-order valence-electron chi connectivity index (χ1n) is 8.04. The lowest BCUT2D eigenvalue weighted by Crippen LogP contribution is -2.14. The van der Waals surface area contributed by atoms with Crippen LogP contribution >= 0.6 is 22.9 Å². The predicted octanol–water partition coefficient (Wildman–Crippen LogP) is 4.48. The van der Waals surface area contributed by atoms with E-state index < -0.39 is 17.8 Å². The minimum atomic E-state index is -0.625. The summed E-state index contributed by atoms with van der Waals surface area (Å²) in [5.41, 5.74) is 0.879. The fourth-order valence-electron chi connectivity index (χ4n) is 2.22. The van der Waals surface area contributed by atoms with Gasteiger partial charge in [0.25, 0.3) is 5.91 Å². The summed E-state index contributed by atoms with van der Waals surface area (Å²) in [5, 5.41) is 3.38. The average Bonchev–Trinajstić information content (AvgIpc) is 2.96. The number of anilines is 1. The molecule has 1 heterocycles. The van der Waals surface area contributed by atoms with Crippen LogP contribution in [0.3, 0.4) is 0 Å². The van der Waals surface area contributed by atoms with Crippen LogP contribution in [0.2, 0.25) is 5.02 Å². The maximum atomic E-state index is 12.5. The van der Waals surface area contributed by atoms with Gasteiger partial charge in [-0.2, -0.15) is 0 Å². The molecule has 2 aromatic rings. The number of carbonyl (C=O) groups is 3. The van der Waals surface area contributed by atoms with E-state index in [9.17, 15) is 14.4 Å². The van der Waals surface area contributed by atoms with Crippen LogP contribution in [0.25, 0.3) is 0 Å². The van der Waals surface area contributed by atoms with Crippen molar-refractivity contribution in [3.8, 4) is 0 Å². The molecule has 1 N–H and O–H groups in total. The molecular weight excluding hydrogens is 390 g/mol. The third-order valence-corrected chi connectivity index (χ3v) is 4.92. The highest BCUT2D eigenvalue weighted by molar-refractivity contribution is 7.18. The van der Waals surface area contributed by atoms with E-state index in [0.29, 0.717) is 16.1 Å². The standard InChI is InChI=1S/C19H18ClNO5S/c1-4-10-26-19(24)15-11(3)14(18(23)25-5-2)17(27-15)21-16(22)12-6-8-13(20)9-7-12/h4,6-9H,1,5,10H2,2-3H3,(H,21,22). The second-order valence-electron chi connectivity index (χ2n) is 5.33. The highest BCUT2D eigenvalue weighted by atomic mass is 35.5. The van der Waals surface area contributed by atoms with E-state index in [2.05, 4.69) is 11.9 Å². The van der Waals surface area contributed by atoms with Crippen molar-refractivity contribution in [2.45, 2.75) is 13.8 Å². The number of halogens is 1. The molecule has 0 saturated heterocycles. The monoisotopic (exact) mass is 407 g/mol. The van der Waals surface area contributed by atoms with Gasteiger partial charge in [0.2, 0.25) is 0 Å². The van der Waals surface area contributed by atoms with E-state index in [1.54, 1.807) is 38.1 Å². The van der Waals surface area contributed by atoms with Gasteiger partial charge in [-0.25, -0.2) is 9.59 Å². The van der Waals surface area contributed by atoms with Gasteiger partial charge in [-0.3, -0.25) is 4.79 Å². The number of amides is 1. The zero-order chi connectivity index (χ0) is 20.0. The molecule has 0 aliphatic carbocycles.